The van der Waals surface area contributed by atoms with E-state index in [1.807, 2.05) is 17.5 Å². The van der Waals surface area contributed by atoms with Gasteiger partial charge in [-0.15, -0.1) is 11.3 Å². The van der Waals surface area contributed by atoms with Crippen LogP contribution in [0, 0.1) is 5.41 Å². The second-order valence-corrected chi connectivity index (χ2v) is 7.02. The van der Waals surface area contributed by atoms with Crippen LogP contribution in [0.3, 0.4) is 0 Å². The summed E-state index contributed by atoms with van der Waals surface area (Å²) >= 11 is 1.43. The number of carbonyl (C=O) groups excluding carboxylic acids is 2. The smallest absolute Gasteiger partial charge is 0.220 e. The van der Waals surface area contributed by atoms with Crippen LogP contribution in [-0.4, -0.2) is 30.9 Å². The van der Waals surface area contributed by atoms with E-state index in [1.165, 1.54) is 17.8 Å². The van der Waals surface area contributed by atoms with Gasteiger partial charge in [-0.25, -0.2) is 0 Å². The predicted octanol–water partition coefficient (Wildman–Crippen LogP) is 2.78. The molecule has 0 radical (unpaired) electrons. The lowest BCUT2D eigenvalue weighted by atomic mass is 9.51. The molecule has 1 spiro atoms. The molecule has 1 heterocycles. The van der Waals surface area contributed by atoms with Gasteiger partial charge in [0.25, 0.3) is 0 Å². The summed E-state index contributed by atoms with van der Waals surface area (Å²) in [6, 6.07) is 3.90. The van der Waals surface area contributed by atoms with Crippen molar-refractivity contribution in [1.29, 1.82) is 0 Å². The van der Waals surface area contributed by atoms with Gasteiger partial charge < -0.3 is 10.1 Å². The zero-order valence-electron chi connectivity index (χ0n) is 12.3. The van der Waals surface area contributed by atoms with Gasteiger partial charge in [0.15, 0.2) is 5.78 Å². The Labute approximate surface area is 128 Å². The lowest BCUT2D eigenvalue weighted by Gasteiger charge is -2.60. The number of ketones is 1. The highest BCUT2D eigenvalue weighted by Crippen LogP contribution is 2.57. The molecular formula is C16H21NO3S. The first-order chi connectivity index (χ1) is 10.2. The van der Waals surface area contributed by atoms with E-state index in [4.69, 9.17) is 4.74 Å². The molecule has 114 valence electrons. The van der Waals surface area contributed by atoms with Gasteiger partial charge in [0.05, 0.1) is 11.0 Å². The van der Waals surface area contributed by atoms with Crippen molar-refractivity contribution in [2.24, 2.45) is 5.41 Å². The Balaban J connectivity index is 1.46. The number of thiophene rings is 1. The molecule has 2 aliphatic rings. The molecule has 0 bridgehead atoms. The van der Waals surface area contributed by atoms with Gasteiger partial charge >= 0.3 is 0 Å². The normalized spacial score (nSPS) is 26.0. The largest absolute Gasteiger partial charge is 0.381 e. The van der Waals surface area contributed by atoms with Gasteiger partial charge in [-0.3, -0.25) is 9.59 Å². The molecule has 2 saturated carbocycles. The van der Waals surface area contributed by atoms with E-state index in [0.717, 1.165) is 24.1 Å². The van der Waals surface area contributed by atoms with Crippen LogP contribution < -0.4 is 5.32 Å². The fourth-order valence-electron chi connectivity index (χ4n) is 3.59. The summed E-state index contributed by atoms with van der Waals surface area (Å²) in [7, 11) is 1.75. The number of rotatable bonds is 6. The molecule has 0 aliphatic heterocycles. The molecule has 5 heteroatoms. The topological polar surface area (TPSA) is 55.4 Å². The van der Waals surface area contributed by atoms with Crippen LogP contribution in [0.25, 0.3) is 0 Å². The molecule has 0 saturated heterocycles. The van der Waals surface area contributed by atoms with Gasteiger partial charge in [0.1, 0.15) is 0 Å². The average Bonchev–Trinajstić information content (AvgIpc) is 2.92. The van der Waals surface area contributed by atoms with Crippen LogP contribution in [0.4, 0.5) is 0 Å². The van der Waals surface area contributed by atoms with Gasteiger partial charge in [0.2, 0.25) is 5.91 Å². The standard InChI is InChI=1S/C16H21NO3S/c1-20-14-10-13(16(14)7-3-8-16)17-15(19)6-5-11(18)12-4-2-9-21-12/h2,4,9,13-14H,3,5-8,10H2,1H3,(H,17,19). The molecule has 21 heavy (non-hydrogen) atoms. The van der Waals surface area contributed by atoms with Crippen LogP contribution in [-0.2, 0) is 9.53 Å². The van der Waals surface area contributed by atoms with Gasteiger partial charge in [-0.1, -0.05) is 12.5 Å². The molecule has 1 amide bonds. The van der Waals surface area contributed by atoms with E-state index in [-0.39, 0.29) is 29.6 Å². The van der Waals surface area contributed by atoms with E-state index in [0.29, 0.717) is 12.5 Å². The second-order valence-electron chi connectivity index (χ2n) is 6.07. The van der Waals surface area contributed by atoms with Crippen molar-refractivity contribution in [3.63, 3.8) is 0 Å². The number of ether oxygens (including phenoxy) is 1. The van der Waals surface area contributed by atoms with Crippen molar-refractivity contribution in [3.05, 3.63) is 22.4 Å². The highest BCUT2D eigenvalue weighted by Gasteiger charge is 2.59. The third kappa shape index (κ3) is 2.64. The first kappa shape index (κ1) is 14.7. The van der Waals surface area contributed by atoms with Crippen molar-refractivity contribution in [2.75, 3.05) is 7.11 Å². The summed E-state index contributed by atoms with van der Waals surface area (Å²) in [5.41, 5.74) is 0.183. The lowest BCUT2D eigenvalue weighted by molar-refractivity contribution is -0.166. The fourth-order valence-corrected chi connectivity index (χ4v) is 4.28. The molecule has 2 unspecified atom stereocenters. The quantitative estimate of drug-likeness (QED) is 0.822. The summed E-state index contributed by atoms with van der Waals surface area (Å²) in [5.74, 6) is 0.0487. The monoisotopic (exact) mass is 307 g/mol. The molecular weight excluding hydrogens is 286 g/mol. The molecule has 0 aromatic carbocycles. The highest BCUT2D eigenvalue weighted by molar-refractivity contribution is 7.12. The summed E-state index contributed by atoms with van der Waals surface area (Å²) in [5, 5.41) is 4.99. The second kappa shape index (κ2) is 5.89. The van der Waals surface area contributed by atoms with Gasteiger partial charge in [0, 0.05) is 31.4 Å². The number of carbonyl (C=O) groups is 2. The number of hydrogen-bond donors (Lipinski definition) is 1. The third-order valence-electron chi connectivity index (χ3n) is 5.06. The average molecular weight is 307 g/mol. The third-order valence-corrected chi connectivity index (χ3v) is 5.98. The summed E-state index contributed by atoms with van der Waals surface area (Å²) < 4.78 is 5.50. The van der Waals surface area contributed by atoms with Crippen LogP contribution >= 0.6 is 11.3 Å². The van der Waals surface area contributed by atoms with Gasteiger partial charge in [-0.2, -0.15) is 0 Å². The Kier molecular flexibility index (Phi) is 4.13. The number of Topliss-reactive ketones (excluding diaryl/α,β-unsaturated/α-hetero) is 1. The van der Waals surface area contributed by atoms with E-state index < -0.39 is 0 Å². The summed E-state index contributed by atoms with van der Waals surface area (Å²) in [4.78, 5) is 24.7. The van der Waals surface area contributed by atoms with Crippen molar-refractivity contribution in [2.45, 2.75) is 50.7 Å². The minimum Gasteiger partial charge on any atom is -0.381 e. The number of nitrogens with one attached hydrogen (secondary N) is 1. The number of amides is 1. The van der Waals surface area contributed by atoms with Crippen molar-refractivity contribution >= 4 is 23.0 Å². The fraction of sp³-hybridized carbons (Fsp3) is 0.625. The Bertz CT molecular complexity index is 522. The Morgan fingerprint density at radius 1 is 1.43 bits per heavy atom. The zero-order valence-corrected chi connectivity index (χ0v) is 13.1. The van der Waals surface area contributed by atoms with E-state index >= 15 is 0 Å². The first-order valence-electron chi connectivity index (χ1n) is 7.54. The molecule has 1 aromatic rings. The minimum absolute atomic E-state index is 0.00858. The van der Waals surface area contributed by atoms with Crippen molar-refractivity contribution in [3.8, 4) is 0 Å². The maximum absolute atomic E-state index is 12.0. The van der Waals surface area contributed by atoms with Crippen LogP contribution in [0.15, 0.2) is 17.5 Å². The lowest BCUT2D eigenvalue weighted by Crippen LogP contribution is -2.67. The van der Waals surface area contributed by atoms with Gasteiger partial charge in [-0.05, 0) is 30.7 Å². The SMILES string of the molecule is COC1CC(NC(=O)CCC(=O)c2cccs2)C12CCC2. The zero-order chi connectivity index (χ0) is 14.9. The Morgan fingerprint density at radius 3 is 2.81 bits per heavy atom. The number of hydrogen-bond acceptors (Lipinski definition) is 4. The first-order valence-corrected chi connectivity index (χ1v) is 8.42. The van der Waals surface area contributed by atoms with Crippen LogP contribution in [0.1, 0.15) is 48.2 Å². The van der Waals surface area contributed by atoms with Crippen molar-refractivity contribution < 1.29 is 14.3 Å². The minimum atomic E-state index is -0.00858. The highest BCUT2D eigenvalue weighted by atomic mass is 32.1. The summed E-state index contributed by atoms with van der Waals surface area (Å²) in [6.07, 6.45) is 5.28. The van der Waals surface area contributed by atoms with E-state index in [9.17, 15) is 9.59 Å². The molecule has 2 aliphatic carbocycles. The molecule has 4 nitrogen and oxygen atoms in total. The predicted molar refractivity (Wildman–Crippen MR) is 81.5 cm³/mol. The van der Waals surface area contributed by atoms with Crippen molar-refractivity contribution in [1.82, 2.24) is 5.32 Å². The van der Waals surface area contributed by atoms with E-state index in [1.54, 1.807) is 7.11 Å². The molecule has 2 atom stereocenters. The Hall–Kier alpha value is -1.20. The molecule has 2 fully saturated rings. The van der Waals surface area contributed by atoms with Crippen LogP contribution in [0.5, 0.6) is 0 Å². The number of methoxy groups -OCH3 is 1. The molecule has 1 aromatic heterocycles. The molecule has 1 N–H and O–H groups in total. The van der Waals surface area contributed by atoms with Crippen LogP contribution in [0.2, 0.25) is 0 Å². The maximum atomic E-state index is 12.0. The summed E-state index contributed by atoms with van der Waals surface area (Å²) in [6.45, 7) is 0. The Morgan fingerprint density at radius 2 is 2.24 bits per heavy atom. The van der Waals surface area contributed by atoms with E-state index in [2.05, 4.69) is 5.32 Å². The molecule has 3 rings (SSSR count). The maximum Gasteiger partial charge on any atom is 0.220 e.